The maximum Gasteiger partial charge on any atom is 0.356 e. The van der Waals surface area contributed by atoms with Crippen molar-refractivity contribution in [1.29, 1.82) is 0 Å². The number of ether oxygens (including phenoxy) is 1. The molecular formula is C15H19NO2. The Morgan fingerprint density at radius 3 is 2.78 bits per heavy atom. The number of unbranched alkanes of at least 4 members (excludes halogenated alkanes) is 3. The lowest BCUT2D eigenvalue weighted by Crippen LogP contribution is -2.12. The predicted molar refractivity (Wildman–Crippen MR) is 70.6 cm³/mol. The fourth-order valence-corrected chi connectivity index (χ4v) is 1.96. The van der Waals surface area contributed by atoms with Crippen molar-refractivity contribution in [3.63, 3.8) is 0 Å². The van der Waals surface area contributed by atoms with Gasteiger partial charge in [0, 0.05) is 5.56 Å². The number of benzene rings is 1. The van der Waals surface area contributed by atoms with Crippen molar-refractivity contribution in [2.75, 3.05) is 0 Å². The fourth-order valence-electron chi connectivity index (χ4n) is 1.96. The summed E-state index contributed by atoms with van der Waals surface area (Å²) in [4.78, 5) is 11.7. The third-order valence-corrected chi connectivity index (χ3v) is 2.99. The highest BCUT2D eigenvalue weighted by atomic mass is 16.6. The van der Waals surface area contributed by atoms with Gasteiger partial charge in [0.25, 0.3) is 0 Å². The molecule has 1 aromatic rings. The third-order valence-electron chi connectivity index (χ3n) is 2.99. The van der Waals surface area contributed by atoms with Crippen LogP contribution in [0.2, 0.25) is 0 Å². The van der Waals surface area contributed by atoms with Gasteiger partial charge in [0.2, 0.25) is 0 Å². The van der Waals surface area contributed by atoms with Crippen LogP contribution in [0.25, 0.3) is 0 Å². The standard InChI is InChI=1S/C15H19NO2/c1-2-3-4-8-11-13-15(17)18-14(16-13)12-9-6-5-7-10-12/h5-7,9-11,14,16H,2-4,8H2,1H3/b13-11+. The molecule has 1 aliphatic rings. The molecule has 1 heterocycles. The Balaban J connectivity index is 1.95. The zero-order chi connectivity index (χ0) is 12.8. The van der Waals surface area contributed by atoms with Crippen molar-refractivity contribution >= 4 is 5.97 Å². The second-order valence-corrected chi connectivity index (χ2v) is 4.45. The quantitative estimate of drug-likeness (QED) is 0.491. The zero-order valence-corrected chi connectivity index (χ0v) is 10.7. The van der Waals surface area contributed by atoms with E-state index in [9.17, 15) is 4.79 Å². The van der Waals surface area contributed by atoms with Crippen LogP contribution in [0.1, 0.15) is 44.4 Å². The average molecular weight is 245 g/mol. The molecule has 0 aliphatic carbocycles. The van der Waals surface area contributed by atoms with Crippen molar-refractivity contribution in [2.24, 2.45) is 0 Å². The molecule has 3 nitrogen and oxygen atoms in total. The third kappa shape index (κ3) is 3.13. The molecular weight excluding hydrogens is 226 g/mol. The second kappa shape index (κ2) is 6.24. The first-order valence-corrected chi connectivity index (χ1v) is 6.54. The molecule has 3 heteroatoms. The Morgan fingerprint density at radius 1 is 1.28 bits per heavy atom. The summed E-state index contributed by atoms with van der Waals surface area (Å²) in [6.07, 6.45) is 6.03. The Labute approximate surface area is 108 Å². The summed E-state index contributed by atoms with van der Waals surface area (Å²) < 4.78 is 5.30. The van der Waals surface area contributed by atoms with Gasteiger partial charge in [0.1, 0.15) is 5.70 Å². The summed E-state index contributed by atoms with van der Waals surface area (Å²) in [7, 11) is 0. The van der Waals surface area contributed by atoms with E-state index in [0.29, 0.717) is 5.70 Å². The minimum Gasteiger partial charge on any atom is -0.433 e. The largest absolute Gasteiger partial charge is 0.433 e. The summed E-state index contributed by atoms with van der Waals surface area (Å²) in [5.41, 5.74) is 1.57. The van der Waals surface area contributed by atoms with Crippen LogP contribution in [0.5, 0.6) is 0 Å². The number of rotatable bonds is 5. The molecule has 0 amide bonds. The molecule has 1 unspecified atom stereocenters. The van der Waals surface area contributed by atoms with Crippen LogP contribution in [0, 0.1) is 0 Å². The van der Waals surface area contributed by atoms with Crippen LogP contribution < -0.4 is 5.32 Å². The molecule has 1 saturated heterocycles. The maximum absolute atomic E-state index is 11.7. The number of nitrogens with one attached hydrogen (secondary N) is 1. The molecule has 1 fully saturated rings. The molecule has 1 atom stereocenters. The number of esters is 1. The maximum atomic E-state index is 11.7. The van der Waals surface area contributed by atoms with Crippen LogP contribution >= 0.6 is 0 Å². The van der Waals surface area contributed by atoms with Gasteiger partial charge in [0.05, 0.1) is 0 Å². The van der Waals surface area contributed by atoms with Crippen LogP contribution in [-0.2, 0) is 9.53 Å². The highest BCUT2D eigenvalue weighted by molar-refractivity contribution is 5.89. The van der Waals surface area contributed by atoms with Crippen molar-refractivity contribution in [3.05, 3.63) is 47.7 Å². The van der Waals surface area contributed by atoms with Gasteiger partial charge >= 0.3 is 5.97 Å². The van der Waals surface area contributed by atoms with Gasteiger partial charge in [-0.2, -0.15) is 0 Å². The molecule has 0 aromatic heterocycles. The number of carbonyl (C=O) groups excluding carboxylic acids is 1. The second-order valence-electron chi connectivity index (χ2n) is 4.45. The first-order valence-electron chi connectivity index (χ1n) is 6.54. The molecule has 1 N–H and O–H groups in total. The van der Waals surface area contributed by atoms with E-state index in [1.165, 1.54) is 12.8 Å². The molecule has 1 aliphatic heterocycles. The van der Waals surface area contributed by atoms with E-state index in [1.54, 1.807) is 0 Å². The minimum atomic E-state index is -0.337. The number of hydrogen-bond acceptors (Lipinski definition) is 3. The van der Waals surface area contributed by atoms with Crippen molar-refractivity contribution in [2.45, 2.75) is 38.8 Å². The number of hydrogen-bond donors (Lipinski definition) is 1. The van der Waals surface area contributed by atoms with E-state index in [-0.39, 0.29) is 12.2 Å². The SMILES string of the molecule is CCCCC/C=C1/NC(c2ccccc2)OC1=O. The van der Waals surface area contributed by atoms with E-state index in [2.05, 4.69) is 12.2 Å². The fraction of sp³-hybridized carbons (Fsp3) is 0.400. The normalized spacial score (nSPS) is 20.8. The first kappa shape index (κ1) is 12.7. The smallest absolute Gasteiger partial charge is 0.356 e. The van der Waals surface area contributed by atoms with E-state index in [4.69, 9.17) is 4.74 Å². The molecule has 0 radical (unpaired) electrons. The monoisotopic (exact) mass is 245 g/mol. The summed E-state index contributed by atoms with van der Waals surface area (Å²) in [6, 6.07) is 9.72. The highest BCUT2D eigenvalue weighted by Crippen LogP contribution is 2.23. The summed E-state index contributed by atoms with van der Waals surface area (Å²) >= 11 is 0. The summed E-state index contributed by atoms with van der Waals surface area (Å²) in [6.45, 7) is 2.17. The molecule has 0 saturated carbocycles. The number of cyclic esters (lactones) is 1. The van der Waals surface area contributed by atoms with Crippen LogP contribution in [0.15, 0.2) is 42.1 Å². The van der Waals surface area contributed by atoms with Gasteiger partial charge < -0.3 is 10.1 Å². The molecule has 1 aromatic carbocycles. The van der Waals surface area contributed by atoms with Crippen molar-refractivity contribution in [3.8, 4) is 0 Å². The highest BCUT2D eigenvalue weighted by Gasteiger charge is 2.28. The Hall–Kier alpha value is -1.77. The van der Waals surface area contributed by atoms with E-state index in [1.807, 2.05) is 36.4 Å². The lowest BCUT2D eigenvalue weighted by Gasteiger charge is -2.08. The Bertz CT molecular complexity index is 425. The molecule has 18 heavy (non-hydrogen) atoms. The zero-order valence-electron chi connectivity index (χ0n) is 10.7. The summed E-state index contributed by atoms with van der Waals surface area (Å²) in [5, 5.41) is 3.12. The van der Waals surface area contributed by atoms with Gasteiger partial charge in [-0.05, 0) is 12.8 Å². The summed E-state index contributed by atoms with van der Waals surface area (Å²) in [5.74, 6) is -0.250. The number of carbonyl (C=O) groups is 1. The minimum absolute atomic E-state index is 0.250. The average Bonchev–Trinajstić information content (AvgIpc) is 2.77. The van der Waals surface area contributed by atoms with Gasteiger partial charge in [0.15, 0.2) is 6.23 Å². The molecule has 96 valence electrons. The first-order chi connectivity index (χ1) is 8.81. The Kier molecular flexibility index (Phi) is 4.40. The predicted octanol–water partition coefficient (Wildman–Crippen LogP) is 3.30. The van der Waals surface area contributed by atoms with Gasteiger partial charge in [-0.15, -0.1) is 0 Å². The number of allylic oxidation sites excluding steroid dienone is 1. The van der Waals surface area contributed by atoms with Gasteiger partial charge in [-0.3, -0.25) is 0 Å². The van der Waals surface area contributed by atoms with E-state index >= 15 is 0 Å². The van der Waals surface area contributed by atoms with Crippen LogP contribution in [-0.4, -0.2) is 5.97 Å². The van der Waals surface area contributed by atoms with Crippen LogP contribution in [0.4, 0.5) is 0 Å². The lowest BCUT2D eigenvalue weighted by molar-refractivity contribution is -0.139. The van der Waals surface area contributed by atoms with E-state index < -0.39 is 0 Å². The Morgan fingerprint density at radius 2 is 2.06 bits per heavy atom. The van der Waals surface area contributed by atoms with Crippen molar-refractivity contribution in [1.82, 2.24) is 5.32 Å². The van der Waals surface area contributed by atoms with E-state index in [0.717, 1.165) is 18.4 Å². The molecule has 2 rings (SSSR count). The molecule has 0 bridgehead atoms. The lowest BCUT2D eigenvalue weighted by atomic mass is 10.2. The van der Waals surface area contributed by atoms with Gasteiger partial charge in [-0.1, -0.05) is 56.2 Å². The molecule has 0 spiro atoms. The van der Waals surface area contributed by atoms with Gasteiger partial charge in [-0.25, -0.2) is 4.79 Å². The van der Waals surface area contributed by atoms with Crippen molar-refractivity contribution < 1.29 is 9.53 Å². The van der Waals surface area contributed by atoms with Crippen LogP contribution in [0.3, 0.4) is 0 Å². The topological polar surface area (TPSA) is 38.3 Å².